The van der Waals surface area contributed by atoms with Crippen molar-refractivity contribution in [2.75, 3.05) is 6.54 Å². The van der Waals surface area contributed by atoms with Crippen molar-refractivity contribution >= 4 is 17.7 Å². The van der Waals surface area contributed by atoms with E-state index in [9.17, 15) is 14.4 Å². The summed E-state index contributed by atoms with van der Waals surface area (Å²) in [4.78, 5) is 38.5. The fraction of sp³-hybridized carbons (Fsp3) is 0.591. The summed E-state index contributed by atoms with van der Waals surface area (Å²) in [5, 5.41) is 6.06. The first kappa shape index (κ1) is 18.8. The summed E-state index contributed by atoms with van der Waals surface area (Å²) >= 11 is 0. The molecule has 154 valence electrons. The van der Waals surface area contributed by atoms with E-state index in [-0.39, 0.29) is 24.1 Å². The van der Waals surface area contributed by atoms with Gasteiger partial charge in [-0.2, -0.15) is 0 Å². The smallest absolute Gasteiger partial charge is 0.255 e. The molecule has 2 aliphatic heterocycles. The number of benzene rings is 1. The van der Waals surface area contributed by atoms with Gasteiger partial charge in [0.15, 0.2) is 0 Å². The lowest BCUT2D eigenvalue weighted by Gasteiger charge is -2.29. The summed E-state index contributed by atoms with van der Waals surface area (Å²) in [5.74, 6) is 1.40. The van der Waals surface area contributed by atoms with Gasteiger partial charge in [0, 0.05) is 31.1 Å². The van der Waals surface area contributed by atoms with E-state index in [0.29, 0.717) is 37.4 Å². The van der Waals surface area contributed by atoms with Crippen LogP contribution in [0.4, 0.5) is 0 Å². The van der Waals surface area contributed by atoms with Crippen LogP contribution in [0.2, 0.25) is 0 Å². The van der Waals surface area contributed by atoms with Gasteiger partial charge in [0.05, 0.1) is 0 Å². The molecule has 0 aromatic heterocycles. The summed E-state index contributed by atoms with van der Waals surface area (Å²) in [6.45, 7) is 1.89. The van der Waals surface area contributed by atoms with Crippen LogP contribution in [-0.2, 0) is 22.7 Å². The molecule has 1 aromatic carbocycles. The summed E-state index contributed by atoms with van der Waals surface area (Å²) in [6, 6.07) is 5.90. The van der Waals surface area contributed by atoms with Crippen LogP contribution in [0, 0.1) is 17.8 Å². The zero-order valence-electron chi connectivity index (χ0n) is 16.5. The molecule has 7 heteroatoms. The molecule has 5 unspecified atom stereocenters. The molecule has 2 heterocycles. The molecule has 1 saturated heterocycles. The SMILES string of the molecule is NCC1CC2CC1CC2NCc1cccc2c1C(=O)N(C1CCC(=O)NC1=O)C2. The molecule has 0 spiro atoms. The van der Waals surface area contributed by atoms with Crippen molar-refractivity contribution in [3.63, 3.8) is 0 Å². The van der Waals surface area contributed by atoms with Crippen LogP contribution >= 0.6 is 0 Å². The molecule has 3 fully saturated rings. The van der Waals surface area contributed by atoms with Gasteiger partial charge in [0.2, 0.25) is 11.8 Å². The van der Waals surface area contributed by atoms with E-state index >= 15 is 0 Å². The van der Waals surface area contributed by atoms with Gasteiger partial charge >= 0.3 is 0 Å². The number of hydrogen-bond donors (Lipinski definition) is 3. The zero-order chi connectivity index (χ0) is 20.1. The second kappa shape index (κ2) is 7.22. The normalized spacial score (nSPS) is 33.3. The van der Waals surface area contributed by atoms with Crippen molar-refractivity contribution in [2.24, 2.45) is 23.5 Å². The van der Waals surface area contributed by atoms with Crippen LogP contribution in [0.5, 0.6) is 0 Å². The summed E-state index contributed by atoms with van der Waals surface area (Å²) in [5.41, 5.74) is 8.59. The Balaban J connectivity index is 1.28. The van der Waals surface area contributed by atoms with E-state index in [1.807, 2.05) is 18.2 Å². The monoisotopic (exact) mass is 396 g/mol. The second-order valence-electron chi connectivity index (χ2n) is 9.06. The third-order valence-electron chi connectivity index (χ3n) is 7.50. The van der Waals surface area contributed by atoms with Gasteiger partial charge in [-0.15, -0.1) is 0 Å². The standard InChI is InChI=1S/C22H28N4O3/c23-9-16-7-15-6-14(16)8-17(15)24-10-12-2-1-3-13-11-26(22(29)20(12)13)18-4-5-19(27)25-21(18)28/h1-3,14-18,24H,4-11,23H2,(H,25,27,28). The van der Waals surface area contributed by atoms with E-state index in [1.54, 1.807) is 4.90 Å². The van der Waals surface area contributed by atoms with Gasteiger partial charge in [-0.25, -0.2) is 0 Å². The molecule has 1 aromatic rings. The Labute approximate surface area is 170 Å². The average Bonchev–Trinajstić information content (AvgIpc) is 3.39. The third kappa shape index (κ3) is 3.16. The lowest BCUT2D eigenvalue weighted by atomic mass is 9.86. The largest absolute Gasteiger partial charge is 0.330 e. The molecule has 2 aliphatic carbocycles. The van der Waals surface area contributed by atoms with Gasteiger partial charge in [-0.1, -0.05) is 18.2 Å². The van der Waals surface area contributed by atoms with Gasteiger partial charge in [0.1, 0.15) is 6.04 Å². The quantitative estimate of drug-likeness (QED) is 0.642. The Morgan fingerprint density at radius 2 is 2.00 bits per heavy atom. The number of fused-ring (bicyclic) bond motifs is 3. The van der Waals surface area contributed by atoms with Gasteiger partial charge < -0.3 is 16.0 Å². The molecule has 4 aliphatic rings. The van der Waals surface area contributed by atoms with Crippen LogP contribution in [0.1, 0.15) is 53.6 Å². The topological polar surface area (TPSA) is 105 Å². The second-order valence-corrected chi connectivity index (χ2v) is 9.06. The van der Waals surface area contributed by atoms with Crippen molar-refractivity contribution in [3.8, 4) is 0 Å². The molecule has 4 N–H and O–H groups in total. The molecule has 0 radical (unpaired) electrons. The van der Waals surface area contributed by atoms with Crippen molar-refractivity contribution in [3.05, 3.63) is 34.9 Å². The lowest BCUT2D eigenvalue weighted by Crippen LogP contribution is -2.52. The number of amides is 3. The highest BCUT2D eigenvalue weighted by Crippen LogP contribution is 2.48. The van der Waals surface area contributed by atoms with Crippen LogP contribution in [0.3, 0.4) is 0 Å². The van der Waals surface area contributed by atoms with Crippen molar-refractivity contribution in [1.29, 1.82) is 0 Å². The van der Waals surface area contributed by atoms with Crippen molar-refractivity contribution < 1.29 is 14.4 Å². The van der Waals surface area contributed by atoms with Gasteiger partial charge in [-0.05, 0) is 61.1 Å². The first-order chi connectivity index (χ1) is 14.0. The summed E-state index contributed by atoms with van der Waals surface area (Å²) in [6.07, 6.45) is 4.34. The van der Waals surface area contributed by atoms with Crippen molar-refractivity contribution in [2.45, 2.75) is 57.3 Å². The fourth-order valence-corrected chi connectivity index (χ4v) is 6.01. The number of piperidine rings is 1. The number of rotatable bonds is 5. The summed E-state index contributed by atoms with van der Waals surface area (Å²) in [7, 11) is 0. The predicted molar refractivity (Wildman–Crippen MR) is 106 cm³/mol. The molecule has 29 heavy (non-hydrogen) atoms. The zero-order valence-corrected chi connectivity index (χ0v) is 16.5. The maximum absolute atomic E-state index is 13.2. The number of carbonyl (C=O) groups excluding carboxylic acids is 3. The maximum Gasteiger partial charge on any atom is 0.255 e. The summed E-state index contributed by atoms with van der Waals surface area (Å²) < 4.78 is 0. The van der Waals surface area contributed by atoms with E-state index in [2.05, 4.69) is 10.6 Å². The molecule has 5 rings (SSSR count). The van der Waals surface area contributed by atoms with Crippen LogP contribution in [-0.4, -0.2) is 41.2 Å². The molecule has 7 nitrogen and oxygen atoms in total. The van der Waals surface area contributed by atoms with E-state index in [0.717, 1.165) is 29.2 Å². The van der Waals surface area contributed by atoms with E-state index < -0.39 is 6.04 Å². The molecule has 3 amide bonds. The number of imide groups is 1. The van der Waals surface area contributed by atoms with Gasteiger partial charge in [0.25, 0.3) is 5.91 Å². The van der Waals surface area contributed by atoms with Crippen LogP contribution in [0.25, 0.3) is 0 Å². The van der Waals surface area contributed by atoms with Gasteiger partial charge in [-0.3, -0.25) is 19.7 Å². The first-order valence-corrected chi connectivity index (χ1v) is 10.7. The minimum absolute atomic E-state index is 0.0944. The van der Waals surface area contributed by atoms with Crippen molar-refractivity contribution in [1.82, 2.24) is 15.5 Å². The molecular formula is C22H28N4O3. The number of carbonyl (C=O) groups is 3. The number of nitrogens with one attached hydrogen (secondary N) is 2. The first-order valence-electron chi connectivity index (χ1n) is 10.7. The molecule has 5 atom stereocenters. The Morgan fingerprint density at radius 3 is 2.72 bits per heavy atom. The maximum atomic E-state index is 13.2. The molecule has 2 bridgehead atoms. The number of nitrogens with zero attached hydrogens (tertiary/aromatic N) is 1. The molecule has 2 saturated carbocycles. The minimum Gasteiger partial charge on any atom is -0.330 e. The van der Waals surface area contributed by atoms with Crippen LogP contribution in [0.15, 0.2) is 18.2 Å². The van der Waals surface area contributed by atoms with E-state index in [1.165, 1.54) is 19.3 Å². The Hall–Kier alpha value is -2.25. The highest BCUT2D eigenvalue weighted by atomic mass is 16.2. The third-order valence-corrected chi connectivity index (χ3v) is 7.50. The Kier molecular flexibility index (Phi) is 4.67. The number of nitrogens with two attached hydrogens (primary N) is 1. The van der Waals surface area contributed by atoms with E-state index in [4.69, 9.17) is 5.73 Å². The van der Waals surface area contributed by atoms with Crippen LogP contribution < -0.4 is 16.4 Å². The Morgan fingerprint density at radius 1 is 1.14 bits per heavy atom. The highest BCUT2D eigenvalue weighted by molar-refractivity contribution is 6.05. The minimum atomic E-state index is -0.563. The average molecular weight is 396 g/mol. The Bertz CT molecular complexity index is 870. The fourth-order valence-electron chi connectivity index (χ4n) is 6.01. The predicted octanol–water partition coefficient (Wildman–Crippen LogP) is 0.911. The number of hydrogen-bond acceptors (Lipinski definition) is 5. The lowest BCUT2D eigenvalue weighted by molar-refractivity contribution is -0.136. The molecular weight excluding hydrogens is 368 g/mol. The highest BCUT2D eigenvalue weighted by Gasteiger charge is 2.45.